The Labute approximate surface area is 132 Å². The van der Waals surface area contributed by atoms with Crippen LogP contribution in [0.15, 0.2) is 35.7 Å². The van der Waals surface area contributed by atoms with Crippen LogP contribution in [0.5, 0.6) is 0 Å². The maximum absolute atomic E-state index is 6.01. The third kappa shape index (κ3) is 2.71. The summed E-state index contributed by atoms with van der Waals surface area (Å²) in [6, 6.07) is 10.3. The second kappa shape index (κ2) is 5.72. The lowest BCUT2D eigenvalue weighted by molar-refractivity contribution is 0.876. The monoisotopic (exact) mass is 313 g/mol. The van der Waals surface area contributed by atoms with Crippen LogP contribution in [-0.4, -0.2) is 9.97 Å². The van der Waals surface area contributed by atoms with Crippen LogP contribution >= 0.6 is 22.9 Å². The summed E-state index contributed by atoms with van der Waals surface area (Å²) in [6.07, 6.45) is 5.49. The van der Waals surface area contributed by atoms with E-state index >= 15 is 0 Å². The largest absolute Gasteiger partial charge is 0.362 e. The molecule has 0 amide bonds. The molecule has 0 saturated carbocycles. The molecule has 1 aromatic carbocycles. The number of thiophene rings is 1. The summed E-state index contributed by atoms with van der Waals surface area (Å²) in [7, 11) is 0. The fourth-order valence-corrected chi connectivity index (χ4v) is 3.19. The second-order valence-corrected chi connectivity index (χ2v) is 5.81. The van der Waals surface area contributed by atoms with E-state index in [4.69, 9.17) is 18.0 Å². The van der Waals surface area contributed by atoms with E-state index in [1.54, 1.807) is 0 Å². The van der Waals surface area contributed by atoms with E-state index in [1.165, 1.54) is 16.9 Å². The molecule has 5 heteroatoms. The predicted octanol–water partition coefficient (Wildman–Crippen LogP) is 4.50. The maximum atomic E-state index is 6.01. The highest BCUT2D eigenvalue weighted by atomic mass is 35.5. The molecule has 0 aliphatic heterocycles. The van der Waals surface area contributed by atoms with Crippen LogP contribution in [0.2, 0.25) is 5.28 Å². The van der Waals surface area contributed by atoms with Crippen molar-refractivity contribution in [2.75, 3.05) is 5.32 Å². The summed E-state index contributed by atoms with van der Waals surface area (Å²) in [5, 5.41) is 5.48. The van der Waals surface area contributed by atoms with E-state index in [2.05, 4.69) is 40.3 Å². The highest BCUT2D eigenvalue weighted by molar-refractivity contribution is 7.18. The van der Waals surface area contributed by atoms with Gasteiger partial charge in [0.25, 0.3) is 0 Å². The fraction of sp³-hybridized carbons (Fsp3) is 0.125. The molecule has 2 heterocycles. The van der Waals surface area contributed by atoms with Gasteiger partial charge in [-0.1, -0.05) is 36.3 Å². The first-order valence-corrected chi connectivity index (χ1v) is 7.67. The topological polar surface area (TPSA) is 37.8 Å². The van der Waals surface area contributed by atoms with Gasteiger partial charge in [0.15, 0.2) is 0 Å². The highest BCUT2D eigenvalue weighted by Crippen LogP contribution is 2.32. The van der Waals surface area contributed by atoms with Crippen LogP contribution in [0.1, 0.15) is 24.1 Å². The Bertz CT molecular complexity index is 821. The normalized spacial score (nSPS) is 12.0. The summed E-state index contributed by atoms with van der Waals surface area (Å²) in [5.41, 5.74) is 2.65. The van der Waals surface area contributed by atoms with Gasteiger partial charge in [0.1, 0.15) is 11.3 Å². The molecule has 0 fully saturated rings. The predicted molar refractivity (Wildman–Crippen MR) is 88.8 cm³/mol. The van der Waals surface area contributed by atoms with Crippen molar-refractivity contribution >= 4 is 39.0 Å². The van der Waals surface area contributed by atoms with Gasteiger partial charge >= 0.3 is 0 Å². The molecule has 0 bridgehead atoms. The minimum Gasteiger partial charge on any atom is -0.362 e. The van der Waals surface area contributed by atoms with Crippen molar-refractivity contribution in [1.82, 2.24) is 9.97 Å². The number of terminal acetylenes is 1. The summed E-state index contributed by atoms with van der Waals surface area (Å²) in [6.45, 7) is 2.08. The van der Waals surface area contributed by atoms with Crippen molar-refractivity contribution in [3.63, 3.8) is 0 Å². The Morgan fingerprint density at radius 2 is 2.05 bits per heavy atom. The average molecular weight is 314 g/mol. The van der Waals surface area contributed by atoms with Gasteiger partial charge in [0.05, 0.1) is 10.3 Å². The zero-order valence-electron chi connectivity index (χ0n) is 11.3. The van der Waals surface area contributed by atoms with Crippen molar-refractivity contribution in [3.05, 3.63) is 52.1 Å². The summed E-state index contributed by atoms with van der Waals surface area (Å²) < 4.78 is 0.926. The van der Waals surface area contributed by atoms with Crippen molar-refractivity contribution in [3.8, 4) is 12.3 Å². The number of nitrogens with zero attached hydrogens (tertiary/aromatic N) is 2. The van der Waals surface area contributed by atoms with E-state index in [9.17, 15) is 0 Å². The molecule has 1 N–H and O–H groups in total. The summed E-state index contributed by atoms with van der Waals surface area (Å²) in [5.74, 6) is 3.34. The Morgan fingerprint density at radius 3 is 2.76 bits per heavy atom. The Kier molecular flexibility index (Phi) is 3.78. The summed E-state index contributed by atoms with van der Waals surface area (Å²) in [4.78, 5) is 8.53. The number of nitrogens with one attached hydrogen (secondary N) is 1. The van der Waals surface area contributed by atoms with Gasteiger partial charge in [-0.15, -0.1) is 17.8 Å². The molecule has 0 aliphatic rings. The maximum Gasteiger partial charge on any atom is 0.225 e. The van der Waals surface area contributed by atoms with Crippen LogP contribution in [-0.2, 0) is 0 Å². The molecular weight excluding hydrogens is 302 g/mol. The van der Waals surface area contributed by atoms with Crippen LogP contribution in [0.25, 0.3) is 10.2 Å². The Hall–Kier alpha value is -2.09. The van der Waals surface area contributed by atoms with E-state index < -0.39 is 0 Å². The van der Waals surface area contributed by atoms with E-state index in [0.717, 1.165) is 15.8 Å². The third-order valence-electron chi connectivity index (χ3n) is 3.20. The number of benzene rings is 1. The molecule has 0 saturated heterocycles. The van der Waals surface area contributed by atoms with Crippen LogP contribution in [0, 0.1) is 12.3 Å². The van der Waals surface area contributed by atoms with Crippen molar-refractivity contribution in [1.29, 1.82) is 0 Å². The Balaban J connectivity index is 2.01. The molecule has 3 rings (SSSR count). The van der Waals surface area contributed by atoms with Crippen LogP contribution in [0.3, 0.4) is 0 Å². The molecule has 0 radical (unpaired) electrons. The number of halogens is 1. The molecular formula is C16H12ClN3S. The third-order valence-corrected chi connectivity index (χ3v) is 4.34. The zero-order chi connectivity index (χ0) is 14.8. The van der Waals surface area contributed by atoms with Gasteiger partial charge in [-0.25, -0.2) is 4.98 Å². The zero-order valence-corrected chi connectivity index (χ0v) is 12.9. The van der Waals surface area contributed by atoms with Crippen LogP contribution in [0.4, 0.5) is 5.82 Å². The van der Waals surface area contributed by atoms with Gasteiger partial charge in [-0.3, -0.25) is 0 Å². The van der Waals surface area contributed by atoms with Crippen molar-refractivity contribution in [2.45, 2.75) is 13.0 Å². The number of hydrogen-bond donors (Lipinski definition) is 1. The molecule has 0 spiro atoms. The quantitative estimate of drug-likeness (QED) is 0.571. The first-order valence-electron chi connectivity index (χ1n) is 6.42. The average Bonchev–Trinajstić information content (AvgIpc) is 2.91. The smallest absolute Gasteiger partial charge is 0.225 e. The lowest BCUT2D eigenvalue weighted by Gasteiger charge is -2.15. The molecule has 3 nitrogen and oxygen atoms in total. The van der Waals surface area contributed by atoms with Crippen molar-refractivity contribution in [2.24, 2.45) is 0 Å². The molecule has 2 aromatic heterocycles. The number of hydrogen-bond acceptors (Lipinski definition) is 4. The standard InChI is InChI=1S/C16H12ClN3S/c1-3-11-9-21-14-13(11)19-16(17)20-15(14)18-10(2)12-7-5-4-6-8-12/h1,4-10H,2H3,(H,18,19,20). The molecule has 1 unspecified atom stereocenters. The van der Waals surface area contributed by atoms with Crippen LogP contribution < -0.4 is 5.32 Å². The molecule has 21 heavy (non-hydrogen) atoms. The minimum absolute atomic E-state index is 0.108. The summed E-state index contributed by atoms with van der Waals surface area (Å²) >= 11 is 7.54. The fourth-order valence-electron chi connectivity index (χ4n) is 2.12. The number of fused-ring (bicyclic) bond motifs is 1. The lowest BCUT2D eigenvalue weighted by Crippen LogP contribution is -2.08. The van der Waals surface area contributed by atoms with Gasteiger partial charge in [0, 0.05) is 11.4 Å². The molecule has 104 valence electrons. The van der Waals surface area contributed by atoms with Gasteiger partial charge in [0.2, 0.25) is 5.28 Å². The first kappa shape index (κ1) is 13.9. The van der Waals surface area contributed by atoms with E-state index in [-0.39, 0.29) is 11.3 Å². The molecule has 3 aromatic rings. The highest BCUT2D eigenvalue weighted by Gasteiger charge is 2.14. The van der Waals surface area contributed by atoms with Gasteiger partial charge < -0.3 is 5.32 Å². The van der Waals surface area contributed by atoms with Gasteiger partial charge in [-0.05, 0) is 24.1 Å². The molecule has 1 atom stereocenters. The van der Waals surface area contributed by atoms with E-state index in [1.807, 2.05) is 23.6 Å². The second-order valence-electron chi connectivity index (χ2n) is 4.59. The first-order chi connectivity index (χ1) is 10.2. The number of rotatable bonds is 3. The SMILES string of the molecule is C#Cc1csc2c(NC(C)c3ccccc3)nc(Cl)nc12. The minimum atomic E-state index is 0.108. The molecule has 0 aliphatic carbocycles. The van der Waals surface area contributed by atoms with Crippen molar-refractivity contribution < 1.29 is 0 Å². The number of anilines is 1. The van der Waals surface area contributed by atoms with Gasteiger partial charge in [-0.2, -0.15) is 4.98 Å². The number of aromatic nitrogens is 2. The lowest BCUT2D eigenvalue weighted by atomic mass is 10.1. The van der Waals surface area contributed by atoms with E-state index in [0.29, 0.717) is 5.82 Å². The Morgan fingerprint density at radius 1 is 1.29 bits per heavy atom.